The van der Waals surface area contributed by atoms with Gasteiger partial charge in [0.05, 0.1) is 6.54 Å². The van der Waals surface area contributed by atoms with E-state index >= 15 is 0 Å². The zero-order valence-electron chi connectivity index (χ0n) is 13.1. The second-order valence-corrected chi connectivity index (χ2v) is 5.55. The molecule has 3 N–H and O–H groups in total. The summed E-state index contributed by atoms with van der Waals surface area (Å²) in [6, 6.07) is 8.94. The summed E-state index contributed by atoms with van der Waals surface area (Å²) in [6.07, 6.45) is 0. The Morgan fingerprint density at radius 1 is 1.36 bits per heavy atom. The maximum Gasteiger partial charge on any atom is 0.246 e. The van der Waals surface area contributed by atoms with Crippen LogP contribution >= 0.6 is 0 Å². The van der Waals surface area contributed by atoms with Crippen molar-refractivity contribution in [3.05, 3.63) is 35.9 Å². The van der Waals surface area contributed by atoms with Crippen LogP contribution in [0.2, 0.25) is 0 Å². The molecule has 2 atom stereocenters. The van der Waals surface area contributed by atoms with Crippen LogP contribution in [0.3, 0.4) is 0 Å². The zero-order chi connectivity index (χ0) is 15.9. The zero-order valence-corrected chi connectivity index (χ0v) is 13.1. The van der Waals surface area contributed by atoms with Crippen molar-refractivity contribution in [2.75, 3.05) is 33.2 Å². The predicted molar refractivity (Wildman–Crippen MR) is 85.3 cm³/mol. The number of rotatable bonds is 5. The largest absolute Gasteiger partial charge is 0.357 e. The number of amides is 2. The molecule has 1 unspecified atom stereocenters. The molecule has 0 saturated carbocycles. The molecule has 1 aliphatic heterocycles. The molecule has 1 heterocycles. The van der Waals surface area contributed by atoms with Crippen LogP contribution in [0.25, 0.3) is 0 Å². The van der Waals surface area contributed by atoms with Gasteiger partial charge >= 0.3 is 0 Å². The lowest BCUT2D eigenvalue weighted by Gasteiger charge is -2.33. The monoisotopic (exact) mass is 304 g/mol. The summed E-state index contributed by atoms with van der Waals surface area (Å²) in [5, 5.41) is 8.74. The van der Waals surface area contributed by atoms with Gasteiger partial charge in [-0.1, -0.05) is 30.3 Å². The molecular formula is C16H24N4O2. The van der Waals surface area contributed by atoms with Crippen molar-refractivity contribution in [3.8, 4) is 0 Å². The van der Waals surface area contributed by atoms with Gasteiger partial charge in [0.25, 0.3) is 0 Å². The highest BCUT2D eigenvalue weighted by Crippen LogP contribution is 2.13. The average molecular weight is 304 g/mol. The van der Waals surface area contributed by atoms with Crippen LogP contribution in [0.5, 0.6) is 0 Å². The van der Waals surface area contributed by atoms with Gasteiger partial charge in [-0.25, -0.2) is 0 Å². The Balaban J connectivity index is 2.00. The minimum atomic E-state index is -0.656. The molecule has 2 rings (SSSR count). The molecule has 0 aromatic heterocycles. The maximum atomic E-state index is 12.3. The number of likely N-dealkylation sites (N-methyl/N-ethyl adjacent to an activating group) is 1. The third-order valence-electron chi connectivity index (χ3n) is 3.93. The van der Waals surface area contributed by atoms with E-state index in [0.29, 0.717) is 12.6 Å². The van der Waals surface area contributed by atoms with Gasteiger partial charge in [0.15, 0.2) is 0 Å². The number of benzene rings is 1. The fourth-order valence-electron chi connectivity index (χ4n) is 2.60. The van der Waals surface area contributed by atoms with Crippen LogP contribution in [0.15, 0.2) is 30.3 Å². The van der Waals surface area contributed by atoms with Crippen molar-refractivity contribution in [2.24, 2.45) is 0 Å². The van der Waals surface area contributed by atoms with Crippen molar-refractivity contribution in [2.45, 2.75) is 19.0 Å². The minimum absolute atomic E-state index is 0.133. The Labute approximate surface area is 131 Å². The van der Waals surface area contributed by atoms with Gasteiger partial charge in [-0.3, -0.25) is 14.5 Å². The van der Waals surface area contributed by atoms with Gasteiger partial charge in [-0.15, -0.1) is 0 Å². The van der Waals surface area contributed by atoms with E-state index in [1.807, 2.05) is 30.3 Å². The standard InChI is InChI=1S/C16H24N4O2/c1-12-10-18-8-9-20(12)11-14(21)19-15(16(22)17-2)13-6-4-3-5-7-13/h3-7,12,15,18H,8-11H2,1-2H3,(H,17,22)(H,19,21)/t12-,15?/m0/s1. The molecule has 6 nitrogen and oxygen atoms in total. The van der Waals surface area contributed by atoms with E-state index in [-0.39, 0.29) is 11.8 Å². The van der Waals surface area contributed by atoms with Crippen LogP contribution in [-0.2, 0) is 9.59 Å². The molecule has 120 valence electrons. The highest BCUT2D eigenvalue weighted by atomic mass is 16.2. The first kappa shape index (κ1) is 16.5. The van der Waals surface area contributed by atoms with Crippen molar-refractivity contribution in [1.29, 1.82) is 0 Å². The average Bonchev–Trinajstić information content (AvgIpc) is 2.55. The van der Waals surface area contributed by atoms with E-state index in [9.17, 15) is 9.59 Å². The van der Waals surface area contributed by atoms with Crippen LogP contribution in [0.4, 0.5) is 0 Å². The lowest BCUT2D eigenvalue weighted by Crippen LogP contribution is -2.53. The Morgan fingerprint density at radius 3 is 2.73 bits per heavy atom. The quantitative estimate of drug-likeness (QED) is 0.709. The number of hydrogen-bond acceptors (Lipinski definition) is 4. The summed E-state index contributed by atoms with van der Waals surface area (Å²) in [7, 11) is 1.57. The fourth-order valence-corrected chi connectivity index (χ4v) is 2.60. The van der Waals surface area contributed by atoms with Gasteiger partial charge in [0.1, 0.15) is 6.04 Å². The molecular weight excluding hydrogens is 280 g/mol. The molecule has 1 aromatic carbocycles. The van der Waals surface area contributed by atoms with Crippen LogP contribution in [0.1, 0.15) is 18.5 Å². The van der Waals surface area contributed by atoms with Crippen LogP contribution < -0.4 is 16.0 Å². The Hall–Kier alpha value is -1.92. The second-order valence-electron chi connectivity index (χ2n) is 5.55. The molecule has 0 aliphatic carbocycles. The summed E-state index contributed by atoms with van der Waals surface area (Å²) in [6.45, 7) is 5.00. The highest BCUT2D eigenvalue weighted by molar-refractivity contribution is 5.89. The second kappa shape index (κ2) is 7.91. The van der Waals surface area contributed by atoms with Gasteiger partial charge in [-0.2, -0.15) is 0 Å². The molecule has 1 aromatic rings. The van der Waals surface area contributed by atoms with Gasteiger partial charge in [0, 0.05) is 32.7 Å². The number of carbonyl (C=O) groups is 2. The lowest BCUT2D eigenvalue weighted by atomic mass is 10.1. The predicted octanol–water partition coefficient (Wildman–Crippen LogP) is -0.116. The minimum Gasteiger partial charge on any atom is -0.357 e. The topological polar surface area (TPSA) is 73.5 Å². The maximum absolute atomic E-state index is 12.3. The number of nitrogens with one attached hydrogen (secondary N) is 3. The molecule has 2 amide bonds. The number of hydrogen-bond donors (Lipinski definition) is 3. The highest BCUT2D eigenvalue weighted by Gasteiger charge is 2.25. The van der Waals surface area contributed by atoms with E-state index in [1.165, 1.54) is 0 Å². The van der Waals surface area contributed by atoms with Crippen molar-refractivity contribution in [3.63, 3.8) is 0 Å². The van der Waals surface area contributed by atoms with Crippen molar-refractivity contribution < 1.29 is 9.59 Å². The third-order valence-corrected chi connectivity index (χ3v) is 3.93. The molecule has 1 fully saturated rings. The Kier molecular flexibility index (Phi) is 5.91. The summed E-state index contributed by atoms with van der Waals surface area (Å²) in [4.78, 5) is 26.5. The molecule has 0 spiro atoms. The first-order valence-corrected chi connectivity index (χ1v) is 7.62. The molecule has 6 heteroatoms. The number of piperazine rings is 1. The Bertz CT molecular complexity index is 506. The van der Waals surface area contributed by atoms with Crippen molar-refractivity contribution >= 4 is 11.8 Å². The summed E-state index contributed by atoms with van der Waals surface area (Å²) >= 11 is 0. The third kappa shape index (κ3) is 4.29. The summed E-state index contributed by atoms with van der Waals surface area (Å²) < 4.78 is 0. The van der Waals surface area contributed by atoms with Gasteiger partial charge < -0.3 is 16.0 Å². The van der Waals surface area contributed by atoms with Crippen molar-refractivity contribution in [1.82, 2.24) is 20.9 Å². The van der Waals surface area contributed by atoms with E-state index in [4.69, 9.17) is 0 Å². The fraction of sp³-hybridized carbons (Fsp3) is 0.500. The van der Waals surface area contributed by atoms with E-state index in [1.54, 1.807) is 7.05 Å². The summed E-state index contributed by atoms with van der Waals surface area (Å²) in [5.41, 5.74) is 0.781. The normalized spacial score (nSPS) is 20.2. The molecule has 22 heavy (non-hydrogen) atoms. The molecule has 0 radical (unpaired) electrons. The van der Waals surface area contributed by atoms with E-state index in [0.717, 1.165) is 25.2 Å². The lowest BCUT2D eigenvalue weighted by molar-refractivity contribution is -0.129. The number of carbonyl (C=O) groups excluding carboxylic acids is 2. The molecule has 1 aliphatic rings. The van der Waals surface area contributed by atoms with Gasteiger partial charge in [0.2, 0.25) is 11.8 Å². The Morgan fingerprint density at radius 2 is 2.09 bits per heavy atom. The first-order valence-electron chi connectivity index (χ1n) is 7.62. The first-order chi connectivity index (χ1) is 10.6. The SMILES string of the molecule is CNC(=O)C(NC(=O)CN1CCNC[C@@H]1C)c1ccccc1. The van der Waals surface area contributed by atoms with Crippen LogP contribution in [0, 0.1) is 0 Å². The van der Waals surface area contributed by atoms with Gasteiger partial charge in [-0.05, 0) is 12.5 Å². The molecule has 0 bridgehead atoms. The number of nitrogens with zero attached hydrogens (tertiary/aromatic N) is 1. The summed E-state index contributed by atoms with van der Waals surface area (Å²) in [5.74, 6) is -0.348. The van der Waals surface area contributed by atoms with Crippen LogP contribution in [-0.4, -0.2) is 56.0 Å². The molecule has 1 saturated heterocycles. The van der Waals surface area contributed by atoms with E-state index in [2.05, 4.69) is 27.8 Å². The van der Waals surface area contributed by atoms with E-state index < -0.39 is 6.04 Å². The smallest absolute Gasteiger partial charge is 0.246 e.